The van der Waals surface area contributed by atoms with E-state index >= 15 is 0 Å². The van der Waals surface area contributed by atoms with Crippen LogP contribution in [-0.2, 0) is 11.3 Å². The minimum absolute atomic E-state index is 0.219. The van der Waals surface area contributed by atoms with E-state index < -0.39 is 0 Å². The third-order valence-corrected chi connectivity index (χ3v) is 6.12. The Kier molecular flexibility index (Phi) is 5.26. The number of aryl methyl sites for hydroxylation is 1. The minimum Gasteiger partial charge on any atom is -0.331 e. The van der Waals surface area contributed by atoms with Crippen molar-refractivity contribution in [1.82, 2.24) is 19.7 Å². The molecule has 6 nitrogen and oxygen atoms in total. The summed E-state index contributed by atoms with van der Waals surface area (Å²) in [6, 6.07) is 11.1. The van der Waals surface area contributed by atoms with Crippen molar-refractivity contribution in [2.75, 3.05) is 31.9 Å². The molecule has 2 aliphatic rings. The molecule has 26 heavy (non-hydrogen) atoms. The first-order valence-corrected chi connectivity index (χ1v) is 10.4. The predicted molar refractivity (Wildman–Crippen MR) is 101 cm³/mol. The van der Waals surface area contributed by atoms with E-state index in [1.165, 1.54) is 30.2 Å². The second-order valence-electron chi connectivity index (χ2n) is 7.21. The van der Waals surface area contributed by atoms with Crippen molar-refractivity contribution in [3.63, 3.8) is 0 Å². The summed E-state index contributed by atoms with van der Waals surface area (Å²) in [6.07, 6.45) is 2.40. The van der Waals surface area contributed by atoms with E-state index in [1.54, 1.807) is 4.90 Å². The molecule has 1 aliphatic heterocycles. The zero-order chi connectivity index (χ0) is 17.9. The summed E-state index contributed by atoms with van der Waals surface area (Å²) < 4.78 is 2.19. The fourth-order valence-electron chi connectivity index (χ4n) is 3.55. The molecule has 1 saturated carbocycles. The lowest BCUT2D eigenvalue weighted by Crippen LogP contribution is -3.13. The molecule has 138 valence electrons. The van der Waals surface area contributed by atoms with Crippen LogP contribution in [0.25, 0.3) is 0 Å². The van der Waals surface area contributed by atoms with Crippen LogP contribution in [0.1, 0.15) is 30.3 Å². The molecule has 1 aromatic carbocycles. The van der Waals surface area contributed by atoms with Crippen LogP contribution in [0.2, 0.25) is 0 Å². The molecule has 0 radical (unpaired) electrons. The SMILES string of the molecule is Cc1nnc(SCC(=O)N2CC[NH+](Cc3ccccc3)CC2)n1C1CC1. The number of quaternary nitrogens is 1. The summed E-state index contributed by atoms with van der Waals surface area (Å²) in [6.45, 7) is 6.75. The zero-order valence-electron chi connectivity index (χ0n) is 15.2. The average molecular weight is 373 g/mol. The van der Waals surface area contributed by atoms with Gasteiger partial charge in [0.05, 0.1) is 31.9 Å². The number of benzene rings is 1. The smallest absolute Gasteiger partial charge is 0.233 e. The Labute approximate surface area is 158 Å². The van der Waals surface area contributed by atoms with Crippen molar-refractivity contribution >= 4 is 17.7 Å². The molecule has 0 spiro atoms. The number of hydrogen-bond donors (Lipinski definition) is 1. The van der Waals surface area contributed by atoms with Crippen LogP contribution in [0.4, 0.5) is 0 Å². The fourth-order valence-corrected chi connectivity index (χ4v) is 4.51. The molecule has 0 unspecified atom stereocenters. The summed E-state index contributed by atoms with van der Waals surface area (Å²) in [4.78, 5) is 16.1. The highest BCUT2D eigenvalue weighted by atomic mass is 32.2. The highest BCUT2D eigenvalue weighted by Crippen LogP contribution is 2.38. The van der Waals surface area contributed by atoms with Gasteiger partial charge in [-0.05, 0) is 19.8 Å². The van der Waals surface area contributed by atoms with Crippen LogP contribution in [0.5, 0.6) is 0 Å². The van der Waals surface area contributed by atoms with Crippen LogP contribution in [0, 0.1) is 6.92 Å². The number of nitrogens with one attached hydrogen (secondary N) is 1. The summed E-state index contributed by atoms with van der Waals surface area (Å²) in [5.74, 6) is 1.64. The molecule has 1 N–H and O–H groups in total. The van der Waals surface area contributed by atoms with E-state index in [4.69, 9.17) is 0 Å². The number of hydrogen-bond acceptors (Lipinski definition) is 4. The van der Waals surface area contributed by atoms with E-state index in [2.05, 4.69) is 45.1 Å². The molecule has 2 aromatic rings. The van der Waals surface area contributed by atoms with Gasteiger partial charge in [0.25, 0.3) is 0 Å². The molecule has 4 rings (SSSR count). The van der Waals surface area contributed by atoms with Crippen molar-refractivity contribution < 1.29 is 9.69 Å². The maximum Gasteiger partial charge on any atom is 0.233 e. The van der Waals surface area contributed by atoms with Crippen LogP contribution < -0.4 is 4.90 Å². The van der Waals surface area contributed by atoms with E-state index in [0.717, 1.165) is 43.7 Å². The molecular formula is C19H26N5OS+. The number of thioether (sulfide) groups is 1. The van der Waals surface area contributed by atoms with Gasteiger partial charge in [0.1, 0.15) is 12.4 Å². The van der Waals surface area contributed by atoms with Crippen LogP contribution in [0.15, 0.2) is 35.5 Å². The van der Waals surface area contributed by atoms with Gasteiger partial charge in [-0.25, -0.2) is 0 Å². The van der Waals surface area contributed by atoms with Gasteiger partial charge in [0.2, 0.25) is 5.91 Å². The maximum absolute atomic E-state index is 12.6. The van der Waals surface area contributed by atoms with Gasteiger partial charge in [-0.1, -0.05) is 42.1 Å². The summed E-state index contributed by atoms with van der Waals surface area (Å²) in [7, 11) is 0. The normalized spacial score (nSPS) is 18.3. The average Bonchev–Trinajstić information content (AvgIpc) is 3.43. The van der Waals surface area contributed by atoms with Crippen LogP contribution >= 0.6 is 11.8 Å². The quantitative estimate of drug-likeness (QED) is 0.767. The predicted octanol–water partition coefficient (Wildman–Crippen LogP) is 0.941. The van der Waals surface area contributed by atoms with Gasteiger partial charge in [-0.15, -0.1) is 10.2 Å². The van der Waals surface area contributed by atoms with Gasteiger partial charge in [-0.3, -0.25) is 4.79 Å². The Balaban J connectivity index is 1.25. The summed E-state index contributed by atoms with van der Waals surface area (Å²) in [5, 5.41) is 9.33. The van der Waals surface area contributed by atoms with Crippen molar-refractivity contribution in [1.29, 1.82) is 0 Å². The molecule has 1 amide bonds. The lowest BCUT2D eigenvalue weighted by molar-refractivity contribution is -0.917. The van der Waals surface area contributed by atoms with Crippen LogP contribution in [-0.4, -0.2) is 57.5 Å². The number of amides is 1. The molecule has 1 aromatic heterocycles. The zero-order valence-corrected chi connectivity index (χ0v) is 16.0. The standard InChI is InChI=1S/C19H25N5OS/c1-15-20-21-19(24(15)17-7-8-17)26-14-18(25)23-11-9-22(10-12-23)13-16-5-3-2-4-6-16/h2-6,17H,7-14H2,1H3/p+1. The highest BCUT2D eigenvalue weighted by Gasteiger charge is 2.29. The van der Waals surface area contributed by atoms with Gasteiger partial charge in [0.15, 0.2) is 5.16 Å². The topological polar surface area (TPSA) is 55.5 Å². The van der Waals surface area contributed by atoms with Crippen molar-refractivity contribution in [2.24, 2.45) is 0 Å². The minimum atomic E-state index is 0.219. The molecule has 2 fully saturated rings. The Hall–Kier alpha value is -1.86. The second kappa shape index (κ2) is 7.80. The number of aromatic nitrogens is 3. The summed E-state index contributed by atoms with van der Waals surface area (Å²) in [5.41, 5.74) is 1.37. The summed E-state index contributed by atoms with van der Waals surface area (Å²) >= 11 is 1.53. The second-order valence-corrected chi connectivity index (χ2v) is 8.16. The van der Waals surface area contributed by atoms with Gasteiger partial charge in [0, 0.05) is 11.6 Å². The Bertz CT molecular complexity index is 751. The van der Waals surface area contributed by atoms with Gasteiger partial charge in [-0.2, -0.15) is 0 Å². The first kappa shape index (κ1) is 17.5. The first-order chi connectivity index (χ1) is 12.7. The van der Waals surface area contributed by atoms with E-state index in [0.29, 0.717) is 11.8 Å². The molecule has 0 bridgehead atoms. The van der Waals surface area contributed by atoms with Crippen LogP contribution in [0.3, 0.4) is 0 Å². The molecular weight excluding hydrogens is 346 g/mol. The van der Waals surface area contributed by atoms with Crippen molar-refractivity contribution in [3.8, 4) is 0 Å². The molecule has 0 atom stereocenters. The highest BCUT2D eigenvalue weighted by molar-refractivity contribution is 7.99. The van der Waals surface area contributed by atoms with Crippen molar-refractivity contribution in [2.45, 2.75) is 37.5 Å². The third-order valence-electron chi connectivity index (χ3n) is 5.19. The van der Waals surface area contributed by atoms with E-state index in [-0.39, 0.29) is 5.91 Å². The molecule has 2 heterocycles. The number of carbonyl (C=O) groups excluding carboxylic acids is 1. The molecule has 7 heteroatoms. The maximum atomic E-state index is 12.6. The van der Waals surface area contributed by atoms with E-state index in [9.17, 15) is 4.79 Å². The molecule has 1 saturated heterocycles. The molecule has 1 aliphatic carbocycles. The van der Waals surface area contributed by atoms with Gasteiger partial charge >= 0.3 is 0 Å². The monoisotopic (exact) mass is 372 g/mol. The lowest BCUT2D eigenvalue weighted by atomic mass is 10.2. The van der Waals surface area contributed by atoms with Crippen molar-refractivity contribution in [3.05, 3.63) is 41.7 Å². The fraction of sp³-hybridized carbons (Fsp3) is 0.526. The third kappa shape index (κ3) is 4.10. The number of carbonyl (C=O) groups is 1. The number of rotatable bonds is 6. The lowest BCUT2D eigenvalue weighted by Gasteiger charge is -2.32. The first-order valence-electron chi connectivity index (χ1n) is 9.40. The Morgan fingerprint density at radius 3 is 2.62 bits per heavy atom. The Morgan fingerprint density at radius 2 is 1.92 bits per heavy atom. The van der Waals surface area contributed by atoms with Gasteiger partial charge < -0.3 is 14.4 Å². The van der Waals surface area contributed by atoms with E-state index in [1.807, 2.05) is 11.8 Å². The largest absolute Gasteiger partial charge is 0.331 e. The number of nitrogens with zero attached hydrogens (tertiary/aromatic N) is 4. The Morgan fingerprint density at radius 1 is 1.19 bits per heavy atom. The number of piperazine rings is 1.